The Morgan fingerprint density at radius 2 is 1.94 bits per heavy atom. The first-order chi connectivity index (χ1) is 16.1. The van der Waals surface area contributed by atoms with Gasteiger partial charge in [0.1, 0.15) is 23.9 Å². The smallest absolute Gasteiger partial charge is 0.490 e. The number of anilines is 1. The molecule has 1 aromatic heterocycles. The molecule has 0 saturated heterocycles. The first-order valence-corrected chi connectivity index (χ1v) is 9.81. The number of aliphatic carboxylic acids is 1. The molecule has 34 heavy (non-hydrogen) atoms. The van der Waals surface area contributed by atoms with E-state index in [0.29, 0.717) is 18.7 Å². The topological polar surface area (TPSA) is 134 Å². The zero-order valence-corrected chi connectivity index (χ0v) is 17.7. The maximum absolute atomic E-state index is 12.6. The monoisotopic (exact) mass is 479 g/mol. The van der Waals surface area contributed by atoms with Crippen molar-refractivity contribution in [3.8, 4) is 28.4 Å². The zero-order chi connectivity index (χ0) is 24.9. The fourth-order valence-corrected chi connectivity index (χ4v) is 3.13. The second kappa shape index (κ2) is 10.1. The van der Waals surface area contributed by atoms with Gasteiger partial charge in [0.2, 0.25) is 5.91 Å². The minimum atomic E-state index is -5.08. The van der Waals surface area contributed by atoms with E-state index in [0.717, 1.165) is 28.2 Å². The van der Waals surface area contributed by atoms with Crippen LogP contribution in [0.2, 0.25) is 0 Å². The Labute approximate surface area is 191 Å². The fourth-order valence-electron chi connectivity index (χ4n) is 3.13. The van der Waals surface area contributed by atoms with E-state index in [9.17, 15) is 23.1 Å². The molecule has 4 rings (SSSR count). The molecule has 1 aliphatic heterocycles. The fraction of sp³-hybridized carbons (Fsp3) is 0.227. The largest absolute Gasteiger partial charge is 0.506 e. The number of carboxylic acids is 1. The number of carboxylic acid groups (broad SMARTS) is 1. The van der Waals surface area contributed by atoms with Crippen molar-refractivity contribution in [1.82, 2.24) is 10.2 Å². The molecule has 1 unspecified atom stereocenters. The molecule has 180 valence electrons. The van der Waals surface area contributed by atoms with Gasteiger partial charge in [-0.15, -0.1) is 0 Å². The number of carbonyl (C=O) groups excluding carboxylic acids is 1. The number of nitrogens with one attached hydrogen (secondary N) is 2. The summed E-state index contributed by atoms with van der Waals surface area (Å²) in [5, 5.41) is 26.8. The summed E-state index contributed by atoms with van der Waals surface area (Å²) in [6, 6.07) is 10.7. The van der Waals surface area contributed by atoms with Crippen molar-refractivity contribution in [2.24, 2.45) is 5.92 Å². The number of alkyl halides is 3. The predicted molar refractivity (Wildman–Crippen MR) is 114 cm³/mol. The summed E-state index contributed by atoms with van der Waals surface area (Å²) in [5.41, 5.74) is 2.96. The molecule has 0 radical (unpaired) electrons. The maximum Gasteiger partial charge on any atom is 0.490 e. The van der Waals surface area contributed by atoms with Gasteiger partial charge < -0.3 is 25.0 Å². The molecular formula is C22H20F3N3O6. The predicted octanol–water partition coefficient (Wildman–Crippen LogP) is 3.61. The molecule has 0 spiro atoms. The highest BCUT2D eigenvalue weighted by atomic mass is 19.4. The second-order valence-electron chi connectivity index (χ2n) is 7.20. The van der Waals surface area contributed by atoms with Gasteiger partial charge in [-0.05, 0) is 47.9 Å². The van der Waals surface area contributed by atoms with Crippen molar-refractivity contribution in [2.75, 3.05) is 19.0 Å². The Balaban J connectivity index is 0.000000406. The number of hydrogen-bond acceptors (Lipinski definition) is 6. The van der Waals surface area contributed by atoms with E-state index >= 15 is 0 Å². The highest BCUT2D eigenvalue weighted by molar-refractivity contribution is 5.94. The molecule has 1 aliphatic rings. The summed E-state index contributed by atoms with van der Waals surface area (Å²) in [6.45, 7) is 0.291. The maximum atomic E-state index is 12.6. The lowest BCUT2D eigenvalue weighted by molar-refractivity contribution is -0.192. The van der Waals surface area contributed by atoms with Gasteiger partial charge in [0.25, 0.3) is 0 Å². The number of H-pyrrole nitrogens is 1. The third-order valence-corrected chi connectivity index (χ3v) is 4.87. The summed E-state index contributed by atoms with van der Waals surface area (Å²) in [7, 11) is 1.60. The van der Waals surface area contributed by atoms with Crippen molar-refractivity contribution in [1.29, 1.82) is 0 Å². The lowest BCUT2D eigenvalue weighted by Crippen LogP contribution is -2.32. The summed E-state index contributed by atoms with van der Waals surface area (Å²) in [4.78, 5) is 21.5. The Kier molecular flexibility index (Phi) is 7.29. The van der Waals surface area contributed by atoms with Crippen molar-refractivity contribution >= 4 is 17.6 Å². The molecule has 2 heterocycles. The minimum absolute atomic E-state index is 0.000784. The van der Waals surface area contributed by atoms with Gasteiger partial charge in [0.15, 0.2) is 0 Å². The molecule has 12 heteroatoms. The average molecular weight is 479 g/mol. The van der Waals surface area contributed by atoms with Crippen LogP contribution in [0.4, 0.5) is 18.9 Å². The SMILES string of the molecule is COc1ccc2c(c1)CC(C(=O)Nc1ccc(-c3cn[nH]c3)cc1O)CO2.O=C(O)C(F)(F)F. The number of phenols is 1. The van der Waals surface area contributed by atoms with Gasteiger partial charge >= 0.3 is 12.1 Å². The quantitative estimate of drug-likeness (QED) is 0.420. The van der Waals surface area contributed by atoms with E-state index in [1.165, 1.54) is 0 Å². The van der Waals surface area contributed by atoms with E-state index in [1.807, 2.05) is 24.3 Å². The summed E-state index contributed by atoms with van der Waals surface area (Å²) in [5.74, 6) is -1.81. The number of phenolic OH excluding ortho intramolecular Hbond substituents is 1. The highest BCUT2D eigenvalue weighted by Gasteiger charge is 2.38. The number of aromatic nitrogens is 2. The molecule has 0 aliphatic carbocycles. The summed E-state index contributed by atoms with van der Waals surface area (Å²) in [6.07, 6.45) is -1.14. The third-order valence-electron chi connectivity index (χ3n) is 4.87. The van der Waals surface area contributed by atoms with Crippen molar-refractivity contribution in [3.05, 3.63) is 54.4 Å². The van der Waals surface area contributed by atoms with Gasteiger partial charge in [0, 0.05) is 11.8 Å². The van der Waals surface area contributed by atoms with Crippen LogP contribution >= 0.6 is 0 Å². The molecule has 4 N–H and O–H groups in total. The van der Waals surface area contributed by atoms with Crippen molar-refractivity contribution in [2.45, 2.75) is 12.6 Å². The standard InChI is InChI=1S/C20H19N3O4.C2HF3O2/c1-26-16-3-5-19-13(7-16)6-14(11-27-19)20(25)23-17-4-2-12(8-18(17)24)15-9-21-22-10-15;3-2(4,5)1(6)7/h2-5,7-10,14,24H,6,11H2,1H3,(H,21,22)(H,23,25);(H,6,7). The normalized spacial score (nSPS) is 14.6. The zero-order valence-electron chi connectivity index (χ0n) is 17.7. The van der Waals surface area contributed by atoms with E-state index in [1.54, 1.807) is 31.6 Å². The number of rotatable bonds is 4. The lowest BCUT2D eigenvalue weighted by atomic mass is 9.95. The van der Waals surface area contributed by atoms with E-state index in [4.69, 9.17) is 19.4 Å². The van der Waals surface area contributed by atoms with Crippen molar-refractivity contribution in [3.63, 3.8) is 0 Å². The van der Waals surface area contributed by atoms with E-state index < -0.39 is 12.1 Å². The number of carbonyl (C=O) groups is 2. The molecule has 1 atom stereocenters. The Hall–Kier alpha value is -4.22. The van der Waals surface area contributed by atoms with Gasteiger partial charge in [0.05, 0.1) is 24.9 Å². The minimum Gasteiger partial charge on any atom is -0.506 e. The molecule has 0 saturated carbocycles. The van der Waals surface area contributed by atoms with E-state index in [2.05, 4.69) is 15.5 Å². The van der Waals surface area contributed by atoms with Crippen LogP contribution < -0.4 is 14.8 Å². The number of nitrogens with zero attached hydrogens (tertiary/aromatic N) is 1. The first-order valence-electron chi connectivity index (χ1n) is 9.81. The number of aromatic amines is 1. The first kappa shape index (κ1) is 24.4. The van der Waals surface area contributed by atoms with Gasteiger partial charge in [-0.25, -0.2) is 4.79 Å². The van der Waals surface area contributed by atoms with Crippen LogP contribution in [-0.2, 0) is 16.0 Å². The number of halogens is 3. The molecule has 9 nitrogen and oxygen atoms in total. The molecule has 2 aromatic carbocycles. The number of hydrogen-bond donors (Lipinski definition) is 4. The van der Waals surface area contributed by atoms with Gasteiger partial charge in [-0.1, -0.05) is 6.07 Å². The molecule has 0 bridgehead atoms. The van der Waals surface area contributed by atoms with Crippen LogP contribution in [0.3, 0.4) is 0 Å². The van der Waals surface area contributed by atoms with Crippen LogP contribution in [0.5, 0.6) is 17.2 Å². The molecule has 1 amide bonds. The highest BCUT2D eigenvalue weighted by Crippen LogP contribution is 2.33. The average Bonchev–Trinajstić information content (AvgIpc) is 3.34. The number of ether oxygens (including phenoxy) is 2. The number of methoxy groups -OCH3 is 1. The Morgan fingerprint density at radius 1 is 1.21 bits per heavy atom. The van der Waals surface area contributed by atoms with Crippen molar-refractivity contribution < 1.29 is 42.4 Å². The number of fused-ring (bicyclic) bond motifs is 1. The summed E-state index contributed by atoms with van der Waals surface area (Å²) < 4.78 is 42.7. The Morgan fingerprint density at radius 3 is 2.53 bits per heavy atom. The Bertz CT molecular complexity index is 1170. The lowest BCUT2D eigenvalue weighted by Gasteiger charge is -2.25. The number of amides is 1. The molecule has 0 fully saturated rings. The third kappa shape index (κ3) is 5.97. The van der Waals surface area contributed by atoms with Crippen LogP contribution in [0.25, 0.3) is 11.1 Å². The van der Waals surface area contributed by atoms with Gasteiger partial charge in [-0.2, -0.15) is 18.3 Å². The number of benzene rings is 2. The van der Waals surface area contributed by atoms with Crippen LogP contribution in [0.1, 0.15) is 5.56 Å². The van der Waals surface area contributed by atoms with Crippen LogP contribution in [0, 0.1) is 5.92 Å². The summed E-state index contributed by atoms with van der Waals surface area (Å²) >= 11 is 0. The molecular weight excluding hydrogens is 459 g/mol. The van der Waals surface area contributed by atoms with E-state index in [-0.39, 0.29) is 17.6 Å². The number of aromatic hydroxyl groups is 1. The van der Waals surface area contributed by atoms with Crippen LogP contribution in [-0.4, -0.2) is 52.2 Å². The second-order valence-corrected chi connectivity index (χ2v) is 7.20. The molecule has 3 aromatic rings. The van der Waals surface area contributed by atoms with Gasteiger partial charge in [-0.3, -0.25) is 9.89 Å². The van der Waals surface area contributed by atoms with Crippen LogP contribution in [0.15, 0.2) is 48.8 Å².